The molecule has 0 radical (unpaired) electrons. The highest BCUT2D eigenvalue weighted by Crippen LogP contribution is 2.45. The van der Waals surface area contributed by atoms with E-state index in [1.54, 1.807) is 0 Å². The molecule has 2 heterocycles. The molecule has 0 fully saturated rings. The standard InChI is InChI=1S/C64H43N3/c1-3-15-44(16-4-1)46-29-31-47(32-30-46)48-33-37-53(38-34-48)65(61-27-14-28-62-64(61)58-24-10-12-26-60(58)66(62)52-20-5-2-6-21-52)54-22-13-19-50(42-54)51-36-40-57-56-23-9-11-25-59(56)67(63(57)43-51)55-39-35-45-17-7-8-18-49(45)41-55/h1-43H. The molecule has 0 aliphatic rings. The molecule has 3 heteroatoms. The summed E-state index contributed by atoms with van der Waals surface area (Å²) in [7, 11) is 0. The maximum atomic E-state index is 2.44. The lowest BCUT2D eigenvalue weighted by molar-refractivity contribution is 1.18. The first-order valence-corrected chi connectivity index (χ1v) is 23.0. The number of fused-ring (bicyclic) bond motifs is 7. The van der Waals surface area contributed by atoms with E-state index in [-0.39, 0.29) is 0 Å². The van der Waals surface area contributed by atoms with E-state index in [0.29, 0.717) is 0 Å². The Bertz CT molecular complexity index is 3960. The average molecular weight is 854 g/mol. The highest BCUT2D eigenvalue weighted by atomic mass is 15.1. The number of rotatable bonds is 8. The Kier molecular flexibility index (Phi) is 9.17. The van der Waals surface area contributed by atoms with Crippen molar-refractivity contribution >= 4 is 71.4 Å². The molecule has 0 saturated carbocycles. The van der Waals surface area contributed by atoms with E-state index in [1.807, 2.05) is 0 Å². The van der Waals surface area contributed by atoms with Crippen LogP contribution in [0.3, 0.4) is 0 Å². The van der Waals surface area contributed by atoms with Crippen LogP contribution >= 0.6 is 0 Å². The van der Waals surface area contributed by atoms with E-state index in [0.717, 1.165) is 45.1 Å². The van der Waals surface area contributed by atoms with Crippen molar-refractivity contribution in [2.24, 2.45) is 0 Å². The third-order valence-electron chi connectivity index (χ3n) is 13.5. The molecule has 3 nitrogen and oxygen atoms in total. The molecule has 0 saturated heterocycles. The Morgan fingerprint density at radius 3 is 1.54 bits per heavy atom. The first-order valence-electron chi connectivity index (χ1n) is 23.0. The highest BCUT2D eigenvalue weighted by Gasteiger charge is 2.22. The predicted molar refractivity (Wildman–Crippen MR) is 284 cm³/mol. The van der Waals surface area contributed by atoms with Crippen molar-refractivity contribution < 1.29 is 0 Å². The maximum Gasteiger partial charge on any atom is 0.0562 e. The SMILES string of the molecule is c1ccc(-c2ccc(-c3ccc(N(c4cccc(-c5ccc6c7ccccc7n(-c7ccc8ccccc8c7)c6c5)c4)c4cccc5c4c4ccccc4n5-c4ccccc4)cc3)cc2)cc1. The van der Waals surface area contributed by atoms with Crippen molar-refractivity contribution in [3.8, 4) is 44.8 Å². The summed E-state index contributed by atoms with van der Waals surface area (Å²) in [6, 6.07) is 95.0. The van der Waals surface area contributed by atoms with Gasteiger partial charge in [0.25, 0.3) is 0 Å². The number of hydrogen-bond donors (Lipinski definition) is 0. The normalized spacial score (nSPS) is 11.6. The van der Waals surface area contributed by atoms with Gasteiger partial charge < -0.3 is 14.0 Å². The summed E-state index contributed by atoms with van der Waals surface area (Å²) in [5.74, 6) is 0. The van der Waals surface area contributed by atoms with Gasteiger partial charge in [0.05, 0.1) is 27.8 Å². The van der Waals surface area contributed by atoms with Gasteiger partial charge in [-0.05, 0) is 123 Å². The van der Waals surface area contributed by atoms with Crippen LogP contribution in [0.4, 0.5) is 17.1 Å². The minimum atomic E-state index is 1.08. The third kappa shape index (κ3) is 6.59. The van der Waals surface area contributed by atoms with Gasteiger partial charge in [-0.3, -0.25) is 0 Å². The zero-order valence-electron chi connectivity index (χ0n) is 36.7. The van der Waals surface area contributed by atoms with Gasteiger partial charge in [0.2, 0.25) is 0 Å². The second-order valence-electron chi connectivity index (χ2n) is 17.4. The molecule has 0 spiro atoms. The first kappa shape index (κ1) is 38.5. The van der Waals surface area contributed by atoms with Crippen LogP contribution in [-0.2, 0) is 0 Å². The molecule has 13 rings (SSSR count). The van der Waals surface area contributed by atoms with Gasteiger partial charge in [0.1, 0.15) is 0 Å². The van der Waals surface area contributed by atoms with E-state index in [2.05, 4.69) is 275 Å². The average Bonchev–Trinajstić information content (AvgIpc) is 3.92. The fourth-order valence-electron chi connectivity index (χ4n) is 10.3. The smallest absolute Gasteiger partial charge is 0.0562 e. The largest absolute Gasteiger partial charge is 0.310 e. The van der Waals surface area contributed by atoms with Gasteiger partial charge in [-0.25, -0.2) is 0 Å². The van der Waals surface area contributed by atoms with Crippen LogP contribution in [-0.4, -0.2) is 9.13 Å². The van der Waals surface area contributed by atoms with Crippen LogP contribution < -0.4 is 4.90 Å². The van der Waals surface area contributed by atoms with Crippen molar-refractivity contribution in [3.63, 3.8) is 0 Å². The van der Waals surface area contributed by atoms with E-state index in [9.17, 15) is 0 Å². The fraction of sp³-hybridized carbons (Fsp3) is 0. The lowest BCUT2D eigenvalue weighted by Gasteiger charge is -2.27. The number of nitrogens with zero attached hydrogens (tertiary/aromatic N) is 3. The van der Waals surface area contributed by atoms with Crippen molar-refractivity contribution in [1.29, 1.82) is 0 Å². The van der Waals surface area contributed by atoms with E-state index in [4.69, 9.17) is 0 Å². The van der Waals surface area contributed by atoms with Gasteiger partial charge in [0, 0.05) is 44.3 Å². The molecule has 0 aliphatic carbocycles. The fourth-order valence-corrected chi connectivity index (χ4v) is 10.3. The van der Waals surface area contributed by atoms with Crippen LogP contribution in [0.1, 0.15) is 0 Å². The Hall–Kier alpha value is -8.92. The zero-order chi connectivity index (χ0) is 44.3. The lowest BCUT2D eigenvalue weighted by Crippen LogP contribution is -2.10. The van der Waals surface area contributed by atoms with E-state index >= 15 is 0 Å². The lowest BCUT2D eigenvalue weighted by atomic mass is 9.99. The van der Waals surface area contributed by atoms with Crippen molar-refractivity contribution in [2.45, 2.75) is 0 Å². The molecular weight excluding hydrogens is 811 g/mol. The number of aromatic nitrogens is 2. The molecule has 0 atom stereocenters. The summed E-state index contributed by atoms with van der Waals surface area (Å²) in [5, 5.41) is 7.36. The Balaban J connectivity index is 0.978. The quantitative estimate of drug-likeness (QED) is 0.148. The third-order valence-corrected chi connectivity index (χ3v) is 13.5. The summed E-state index contributed by atoms with van der Waals surface area (Å²) in [6.07, 6.45) is 0. The van der Waals surface area contributed by atoms with Crippen LogP contribution in [0.15, 0.2) is 261 Å². The van der Waals surface area contributed by atoms with Gasteiger partial charge in [-0.15, -0.1) is 0 Å². The van der Waals surface area contributed by atoms with Crippen molar-refractivity contribution in [2.75, 3.05) is 4.90 Å². The number of anilines is 3. The molecule has 0 unspecified atom stereocenters. The van der Waals surface area contributed by atoms with E-state index in [1.165, 1.54) is 71.1 Å². The van der Waals surface area contributed by atoms with E-state index < -0.39 is 0 Å². The topological polar surface area (TPSA) is 13.1 Å². The Morgan fingerprint density at radius 1 is 0.254 bits per heavy atom. The van der Waals surface area contributed by atoms with Crippen molar-refractivity contribution in [3.05, 3.63) is 261 Å². The summed E-state index contributed by atoms with van der Waals surface area (Å²) >= 11 is 0. The minimum Gasteiger partial charge on any atom is -0.310 e. The summed E-state index contributed by atoms with van der Waals surface area (Å²) in [5.41, 5.74) is 17.4. The molecule has 0 amide bonds. The van der Waals surface area contributed by atoms with Crippen LogP contribution in [0, 0.1) is 0 Å². The molecule has 0 bridgehead atoms. The second kappa shape index (κ2) is 16.0. The number of hydrogen-bond acceptors (Lipinski definition) is 1. The maximum absolute atomic E-state index is 2.44. The van der Waals surface area contributed by atoms with Gasteiger partial charge in [-0.2, -0.15) is 0 Å². The Morgan fingerprint density at radius 2 is 0.776 bits per heavy atom. The number of benzene rings is 11. The summed E-state index contributed by atoms with van der Waals surface area (Å²) < 4.78 is 4.82. The van der Waals surface area contributed by atoms with Crippen LogP contribution in [0.2, 0.25) is 0 Å². The second-order valence-corrected chi connectivity index (χ2v) is 17.4. The zero-order valence-corrected chi connectivity index (χ0v) is 36.7. The van der Waals surface area contributed by atoms with Crippen LogP contribution in [0.25, 0.3) is 99.1 Å². The molecule has 67 heavy (non-hydrogen) atoms. The monoisotopic (exact) mass is 853 g/mol. The molecule has 2 aromatic heterocycles. The molecule has 11 aromatic carbocycles. The number of para-hydroxylation sites is 3. The Labute approximate surface area is 389 Å². The molecule has 0 aliphatic heterocycles. The molecule has 314 valence electrons. The molecule has 13 aromatic rings. The molecule has 0 N–H and O–H groups in total. The minimum absolute atomic E-state index is 1.08. The predicted octanol–water partition coefficient (Wildman–Crippen LogP) is 17.5. The summed E-state index contributed by atoms with van der Waals surface area (Å²) in [4.78, 5) is 2.44. The van der Waals surface area contributed by atoms with Crippen LogP contribution in [0.5, 0.6) is 0 Å². The van der Waals surface area contributed by atoms with Gasteiger partial charge in [-0.1, -0.05) is 182 Å². The van der Waals surface area contributed by atoms with Gasteiger partial charge >= 0.3 is 0 Å². The molecular formula is C64H43N3. The summed E-state index contributed by atoms with van der Waals surface area (Å²) in [6.45, 7) is 0. The first-order chi connectivity index (χ1) is 33.2. The van der Waals surface area contributed by atoms with Crippen molar-refractivity contribution in [1.82, 2.24) is 9.13 Å². The van der Waals surface area contributed by atoms with Gasteiger partial charge in [0.15, 0.2) is 0 Å². The highest BCUT2D eigenvalue weighted by molar-refractivity contribution is 6.17.